The molecule has 144 valence electrons. The van der Waals surface area contributed by atoms with Crippen molar-refractivity contribution in [2.75, 3.05) is 0 Å². The first-order chi connectivity index (χ1) is 13.2. The molecule has 2 heterocycles. The van der Waals surface area contributed by atoms with E-state index in [1.807, 2.05) is 70.2 Å². The van der Waals surface area contributed by atoms with E-state index in [0.29, 0.717) is 28.2 Å². The smallest absolute Gasteiger partial charge is 0.176 e. The Balaban J connectivity index is 2.03. The second-order valence-corrected chi connectivity index (χ2v) is 8.03. The number of carbonyl (C=O) groups excluding carboxylic acids is 1. The third kappa shape index (κ3) is 2.71. The Labute approximate surface area is 165 Å². The summed E-state index contributed by atoms with van der Waals surface area (Å²) in [6, 6.07) is 9.57. The molecule has 4 nitrogen and oxygen atoms in total. The molecule has 0 aromatic heterocycles. The highest BCUT2D eigenvalue weighted by atomic mass is 16.5. The molecule has 2 aromatic carbocycles. The summed E-state index contributed by atoms with van der Waals surface area (Å²) in [5.41, 5.74) is 2.22. The second kappa shape index (κ2) is 6.26. The van der Waals surface area contributed by atoms with Crippen LogP contribution in [0.25, 0.3) is 11.6 Å². The maximum atomic E-state index is 13.0. The number of fused-ring (bicyclic) bond motifs is 3. The van der Waals surface area contributed by atoms with Crippen LogP contribution in [0.3, 0.4) is 0 Å². The minimum absolute atomic E-state index is 0.127. The quantitative estimate of drug-likeness (QED) is 0.779. The summed E-state index contributed by atoms with van der Waals surface area (Å²) in [5.74, 6) is 0.276. The lowest BCUT2D eigenvalue weighted by atomic mass is 9.84. The van der Waals surface area contributed by atoms with Crippen LogP contribution in [0.4, 0.5) is 0 Å². The van der Waals surface area contributed by atoms with Gasteiger partial charge in [0.1, 0.15) is 34.5 Å². The molecule has 0 radical (unpaired) electrons. The van der Waals surface area contributed by atoms with E-state index in [1.54, 1.807) is 0 Å². The van der Waals surface area contributed by atoms with E-state index in [1.165, 1.54) is 0 Å². The van der Waals surface area contributed by atoms with Gasteiger partial charge in [-0.2, -0.15) is 0 Å². The molecule has 0 spiro atoms. The maximum Gasteiger partial charge on any atom is 0.176 e. The van der Waals surface area contributed by atoms with E-state index < -0.39 is 5.60 Å². The van der Waals surface area contributed by atoms with Gasteiger partial charge in [-0.15, -0.1) is 0 Å². The standard InChI is InChI=1S/C24H24O4/c1-13-15(3)27-22-17-11-12-24(4,5)28-23(17)18(21(26)19(22)20(13)25)14(2)16-9-7-6-8-10-16/h6-13,15,26H,2H2,1,3-5H3. The number of aromatic hydroxyl groups is 1. The van der Waals surface area contributed by atoms with Crippen molar-refractivity contribution in [1.82, 2.24) is 0 Å². The molecule has 2 aliphatic rings. The van der Waals surface area contributed by atoms with Crippen molar-refractivity contribution >= 4 is 17.4 Å². The SMILES string of the molecule is C=C(c1ccccc1)c1c(O)c2c(c3c1OC(C)(C)C=C3)OC(C)C(C)C2=O. The van der Waals surface area contributed by atoms with E-state index in [4.69, 9.17) is 9.47 Å². The molecule has 0 aliphatic carbocycles. The van der Waals surface area contributed by atoms with Gasteiger partial charge in [0.2, 0.25) is 0 Å². The van der Waals surface area contributed by atoms with Gasteiger partial charge in [0, 0.05) is 0 Å². The summed E-state index contributed by atoms with van der Waals surface area (Å²) in [6.45, 7) is 11.8. The van der Waals surface area contributed by atoms with Crippen LogP contribution in [0.15, 0.2) is 43.0 Å². The highest BCUT2D eigenvalue weighted by molar-refractivity contribution is 6.08. The van der Waals surface area contributed by atoms with Gasteiger partial charge in [-0.05, 0) is 44.1 Å². The third-order valence-electron chi connectivity index (χ3n) is 5.53. The van der Waals surface area contributed by atoms with Crippen LogP contribution in [0.1, 0.15) is 54.7 Å². The van der Waals surface area contributed by atoms with Crippen LogP contribution in [-0.2, 0) is 0 Å². The van der Waals surface area contributed by atoms with Crippen LogP contribution >= 0.6 is 0 Å². The van der Waals surface area contributed by atoms with Crippen LogP contribution < -0.4 is 9.47 Å². The molecule has 2 unspecified atom stereocenters. The number of phenols is 1. The molecule has 2 atom stereocenters. The van der Waals surface area contributed by atoms with Gasteiger partial charge in [-0.25, -0.2) is 0 Å². The average Bonchev–Trinajstić information content (AvgIpc) is 2.65. The highest BCUT2D eigenvalue weighted by Crippen LogP contribution is 2.52. The van der Waals surface area contributed by atoms with E-state index in [2.05, 4.69) is 6.58 Å². The van der Waals surface area contributed by atoms with Crippen molar-refractivity contribution in [3.05, 3.63) is 65.2 Å². The zero-order valence-electron chi connectivity index (χ0n) is 16.6. The van der Waals surface area contributed by atoms with Crippen LogP contribution in [-0.4, -0.2) is 22.6 Å². The van der Waals surface area contributed by atoms with Gasteiger partial charge < -0.3 is 14.6 Å². The van der Waals surface area contributed by atoms with Gasteiger partial charge in [0.25, 0.3) is 0 Å². The fourth-order valence-electron chi connectivity index (χ4n) is 3.69. The molecule has 0 saturated carbocycles. The minimum Gasteiger partial charge on any atom is -0.506 e. The maximum absolute atomic E-state index is 13.0. The molecule has 4 heteroatoms. The van der Waals surface area contributed by atoms with E-state index in [0.717, 1.165) is 5.56 Å². The zero-order chi connectivity index (χ0) is 20.2. The Hall–Kier alpha value is -3.01. The Bertz CT molecular complexity index is 1010. The van der Waals surface area contributed by atoms with Crippen molar-refractivity contribution in [2.45, 2.75) is 39.4 Å². The summed E-state index contributed by atoms with van der Waals surface area (Å²) in [7, 11) is 0. The molecule has 4 rings (SSSR count). The molecular formula is C24H24O4. The van der Waals surface area contributed by atoms with Gasteiger partial charge in [-0.3, -0.25) is 4.79 Å². The minimum atomic E-state index is -0.559. The summed E-state index contributed by atoms with van der Waals surface area (Å²) in [5, 5.41) is 11.2. The number of rotatable bonds is 2. The molecule has 28 heavy (non-hydrogen) atoms. The van der Waals surface area contributed by atoms with E-state index in [9.17, 15) is 9.90 Å². The lowest BCUT2D eigenvalue weighted by Crippen LogP contribution is -2.35. The average molecular weight is 376 g/mol. The largest absolute Gasteiger partial charge is 0.506 e. The van der Waals surface area contributed by atoms with Gasteiger partial charge in [0.15, 0.2) is 5.78 Å². The predicted octanol–water partition coefficient (Wildman–Crippen LogP) is 5.24. The van der Waals surface area contributed by atoms with Gasteiger partial charge in [0.05, 0.1) is 17.0 Å². The lowest BCUT2D eigenvalue weighted by molar-refractivity contribution is 0.0720. The molecule has 0 fully saturated rings. The van der Waals surface area contributed by atoms with Crippen molar-refractivity contribution < 1.29 is 19.4 Å². The fourth-order valence-corrected chi connectivity index (χ4v) is 3.69. The second-order valence-electron chi connectivity index (χ2n) is 8.03. The molecule has 0 bridgehead atoms. The van der Waals surface area contributed by atoms with Crippen molar-refractivity contribution in [1.29, 1.82) is 0 Å². The monoisotopic (exact) mass is 376 g/mol. The molecule has 1 N–H and O–H groups in total. The first-order valence-corrected chi connectivity index (χ1v) is 9.48. The normalized spacial score (nSPS) is 21.9. The first-order valence-electron chi connectivity index (χ1n) is 9.48. The van der Waals surface area contributed by atoms with Crippen LogP contribution in [0.5, 0.6) is 17.2 Å². The number of hydrogen-bond acceptors (Lipinski definition) is 4. The number of hydrogen-bond donors (Lipinski definition) is 1. The van der Waals surface area contributed by atoms with Crippen LogP contribution in [0, 0.1) is 5.92 Å². The fraction of sp³-hybridized carbons (Fsp3) is 0.292. The topological polar surface area (TPSA) is 55.8 Å². The molecule has 0 saturated heterocycles. The van der Waals surface area contributed by atoms with Crippen molar-refractivity contribution in [3.8, 4) is 17.2 Å². The van der Waals surface area contributed by atoms with Gasteiger partial charge in [-0.1, -0.05) is 43.8 Å². The number of ketones is 1. The Morgan fingerprint density at radius 1 is 1.14 bits per heavy atom. The Morgan fingerprint density at radius 3 is 2.50 bits per heavy atom. The number of carbonyl (C=O) groups is 1. The third-order valence-corrected chi connectivity index (χ3v) is 5.53. The molecule has 0 amide bonds. The zero-order valence-corrected chi connectivity index (χ0v) is 16.6. The summed E-state index contributed by atoms with van der Waals surface area (Å²) < 4.78 is 12.3. The predicted molar refractivity (Wildman–Crippen MR) is 110 cm³/mol. The molecular weight excluding hydrogens is 352 g/mol. The lowest BCUT2D eigenvalue weighted by Gasteiger charge is -2.35. The van der Waals surface area contributed by atoms with E-state index >= 15 is 0 Å². The number of phenolic OH excluding ortho intramolecular Hbond substituents is 1. The number of ether oxygens (including phenoxy) is 2. The first kappa shape index (κ1) is 18.4. The van der Waals surface area contributed by atoms with E-state index in [-0.39, 0.29) is 29.1 Å². The van der Waals surface area contributed by atoms with Crippen molar-refractivity contribution in [2.24, 2.45) is 5.92 Å². The Morgan fingerprint density at radius 2 is 1.82 bits per heavy atom. The van der Waals surface area contributed by atoms with Crippen LogP contribution in [0.2, 0.25) is 0 Å². The summed E-state index contributed by atoms with van der Waals surface area (Å²) in [4.78, 5) is 13.0. The number of benzene rings is 2. The Kier molecular flexibility index (Phi) is 4.11. The van der Waals surface area contributed by atoms with Gasteiger partial charge >= 0.3 is 0 Å². The van der Waals surface area contributed by atoms with Crippen molar-refractivity contribution in [3.63, 3.8) is 0 Å². The number of Topliss-reactive ketones (excluding diaryl/α,β-unsaturated/α-hetero) is 1. The summed E-state index contributed by atoms with van der Waals surface area (Å²) in [6.07, 6.45) is 3.56. The summed E-state index contributed by atoms with van der Waals surface area (Å²) >= 11 is 0. The highest BCUT2D eigenvalue weighted by Gasteiger charge is 2.40. The molecule has 2 aliphatic heterocycles. The molecule has 2 aromatic rings.